The van der Waals surface area contributed by atoms with Gasteiger partial charge in [-0.05, 0) is 84.7 Å². The molecule has 6 nitrogen and oxygen atoms in total. The second kappa shape index (κ2) is 13.6. The van der Waals surface area contributed by atoms with Crippen molar-refractivity contribution in [3.63, 3.8) is 0 Å². The summed E-state index contributed by atoms with van der Waals surface area (Å²) in [5.74, 6) is 6.27. The van der Waals surface area contributed by atoms with Crippen LogP contribution in [0.25, 0.3) is 5.57 Å². The summed E-state index contributed by atoms with van der Waals surface area (Å²) in [7, 11) is 0. The Kier molecular flexibility index (Phi) is 9.74. The molecule has 39 heavy (non-hydrogen) atoms. The molecule has 0 spiro atoms. The Bertz CT molecular complexity index is 1350. The molecule has 7 heteroatoms. The molecular formula is C32H32FNO5. The van der Waals surface area contributed by atoms with Gasteiger partial charge < -0.3 is 19.3 Å². The highest BCUT2D eigenvalue weighted by atomic mass is 19.1. The maximum Gasteiger partial charge on any atom is 0.344 e. The van der Waals surface area contributed by atoms with Crippen LogP contribution in [0.3, 0.4) is 0 Å². The monoisotopic (exact) mass is 529 g/mol. The van der Waals surface area contributed by atoms with Crippen LogP contribution in [0.15, 0.2) is 72.8 Å². The van der Waals surface area contributed by atoms with Crippen LogP contribution in [0.1, 0.15) is 29.2 Å². The van der Waals surface area contributed by atoms with Gasteiger partial charge in [-0.3, -0.25) is 4.90 Å². The fourth-order valence-corrected chi connectivity index (χ4v) is 4.08. The fraction of sp³-hybridized carbons (Fsp3) is 0.281. The maximum atomic E-state index is 13.6. The van der Waals surface area contributed by atoms with E-state index in [0.29, 0.717) is 18.0 Å². The highest BCUT2D eigenvalue weighted by Gasteiger charge is 2.14. The van der Waals surface area contributed by atoms with Crippen molar-refractivity contribution in [3.05, 3.63) is 101 Å². The first-order valence-electron chi connectivity index (χ1n) is 12.9. The number of halogens is 1. The standard InChI is InChI=1S/C32H32FNO5/c1-23-22-29(13-14-31(23)39-24(2)32(35)36)38-19-15-30(27-9-11-28(33)12-10-27)26-7-5-25(6-8-26)4-3-16-34-17-20-37-21-18-34/h5-15,22,24H,16-21H2,1-2H3,(H,35,36). The fourth-order valence-electron chi connectivity index (χ4n) is 4.08. The van der Waals surface area contributed by atoms with Crippen LogP contribution in [0.2, 0.25) is 0 Å². The summed E-state index contributed by atoms with van der Waals surface area (Å²) < 4.78 is 30.4. The Morgan fingerprint density at radius 2 is 1.74 bits per heavy atom. The number of carboxylic acid groups (broad SMARTS) is 1. The van der Waals surface area contributed by atoms with Crippen molar-refractivity contribution in [2.24, 2.45) is 0 Å². The summed E-state index contributed by atoms with van der Waals surface area (Å²) in [5.41, 5.74) is 4.44. The number of benzene rings is 3. The first-order valence-corrected chi connectivity index (χ1v) is 12.9. The summed E-state index contributed by atoms with van der Waals surface area (Å²) in [6.45, 7) is 7.63. The van der Waals surface area contributed by atoms with Gasteiger partial charge in [-0.1, -0.05) is 36.1 Å². The minimum absolute atomic E-state index is 0.277. The van der Waals surface area contributed by atoms with Crippen LogP contribution in [0.5, 0.6) is 11.5 Å². The molecule has 0 aromatic heterocycles. The summed E-state index contributed by atoms with van der Waals surface area (Å²) in [6, 6.07) is 19.6. The van der Waals surface area contributed by atoms with Crippen LogP contribution >= 0.6 is 0 Å². The number of rotatable bonds is 9. The van der Waals surface area contributed by atoms with Crippen LogP contribution in [-0.2, 0) is 9.53 Å². The molecule has 1 aliphatic rings. The molecule has 0 amide bonds. The molecule has 1 N–H and O–H groups in total. The highest BCUT2D eigenvalue weighted by molar-refractivity contribution is 5.80. The molecule has 1 fully saturated rings. The molecule has 1 atom stereocenters. The lowest BCUT2D eigenvalue weighted by Gasteiger charge is -2.24. The van der Waals surface area contributed by atoms with Gasteiger partial charge in [0.25, 0.3) is 0 Å². The molecule has 202 valence electrons. The van der Waals surface area contributed by atoms with Crippen molar-refractivity contribution >= 4 is 11.5 Å². The average Bonchev–Trinajstić information content (AvgIpc) is 2.94. The van der Waals surface area contributed by atoms with E-state index in [2.05, 4.69) is 16.7 Å². The smallest absolute Gasteiger partial charge is 0.344 e. The highest BCUT2D eigenvalue weighted by Crippen LogP contribution is 2.26. The number of aliphatic carboxylic acids is 1. The molecule has 1 heterocycles. The van der Waals surface area contributed by atoms with E-state index in [-0.39, 0.29) is 12.4 Å². The minimum atomic E-state index is -1.03. The lowest BCUT2D eigenvalue weighted by atomic mass is 9.96. The molecule has 3 aromatic rings. The largest absolute Gasteiger partial charge is 0.489 e. The molecule has 4 rings (SSSR count). The van der Waals surface area contributed by atoms with E-state index in [1.54, 1.807) is 30.3 Å². The topological polar surface area (TPSA) is 68.2 Å². The van der Waals surface area contributed by atoms with Gasteiger partial charge in [0.2, 0.25) is 0 Å². The normalized spacial score (nSPS) is 14.7. The Balaban J connectivity index is 1.46. The second-order valence-electron chi connectivity index (χ2n) is 9.23. The predicted octanol–water partition coefficient (Wildman–Crippen LogP) is 5.18. The van der Waals surface area contributed by atoms with Crippen molar-refractivity contribution in [1.29, 1.82) is 0 Å². The zero-order valence-electron chi connectivity index (χ0n) is 22.2. The summed E-state index contributed by atoms with van der Waals surface area (Å²) in [5, 5.41) is 9.07. The molecule has 1 unspecified atom stereocenters. The third-order valence-electron chi connectivity index (χ3n) is 6.33. The van der Waals surface area contributed by atoms with Crippen molar-refractivity contribution in [3.8, 4) is 23.3 Å². The predicted molar refractivity (Wildman–Crippen MR) is 148 cm³/mol. The van der Waals surface area contributed by atoms with Crippen molar-refractivity contribution in [1.82, 2.24) is 4.90 Å². The molecular weight excluding hydrogens is 497 g/mol. The van der Waals surface area contributed by atoms with Gasteiger partial charge in [0.15, 0.2) is 6.10 Å². The molecule has 0 bridgehead atoms. The van der Waals surface area contributed by atoms with E-state index in [0.717, 1.165) is 54.1 Å². The van der Waals surface area contributed by atoms with Crippen molar-refractivity contribution in [2.45, 2.75) is 20.0 Å². The Morgan fingerprint density at radius 3 is 2.38 bits per heavy atom. The molecule has 1 aliphatic heterocycles. The Morgan fingerprint density at radius 1 is 1.08 bits per heavy atom. The molecule has 1 saturated heterocycles. The first kappa shape index (κ1) is 27.9. The SMILES string of the molecule is Cc1cc(OCC=C(c2ccc(F)cc2)c2ccc(C#CCN3CCOCC3)cc2)ccc1OC(C)C(=O)O. The summed E-state index contributed by atoms with van der Waals surface area (Å²) in [6.07, 6.45) is 1.01. The average molecular weight is 530 g/mol. The zero-order valence-corrected chi connectivity index (χ0v) is 22.2. The number of hydrogen-bond acceptors (Lipinski definition) is 5. The quantitative estimate of drug-likeness (QED) is 0.386. The number of carboxylic acids is 1. The number of ether oxygens (including phenoxy) is 3. The van der Waals surface area contributed by atoms with Gasteiger partial charge in [-0.25, -0.2) is 9.18 Å². The lowest BCUT2D eigenvalue weighted by molar-refractivity contribution is -0.144. The summed E-state index contributed by atoms with van der Waals surface area (Å²) in [4.78, 5) is 13.4. The zero-order chi connectivity index (χ0) is 27.6. The number of aryl methyl sites for hydroxylation is 1. The van der Waals surface area contributed by atoms with E-state index < -0.39 is 12.1 Å². The van der Waals surface area contributed by atoms with Gasteiger partial charge >= 0.3 is 5.97 Å². The molecule has 0 aliphatic carbocycles. The van der Waals surface area contributed by atoms with E-state index in [4.69, 9.17) is 19.3 Å². The Hall–Kier alpha value is -4.12. The van der Waals surface area contributed by atoms with Gasteiger partial charge in [-0.15, -0.1) is 0 Å². The van der Waals surface area contributed by atoms with E-state index in [1.807, 2.05) is 37.3 Å². The number of carbonyl (C=O) groups is 1. The third-order valence-corrected chi connectivity index (χ3v) is 6.33. The molecule has 0 radical (unpaired) electrons. The lowest BCUT2D eigenvalue weighted by Crippen LogP contribution is -2.36. The van der Waals surface area contributed by atoms with E-state index in [1.165, 1.54) is 19.1 Å². The van der Waals surface area contributed by atoms with Crippen LogP contribution in [0.4, 0.5) is 4.39 Å². The third kappa shape index (κ3) is 8.18. The first-order chi connectivity index (χ1) is 18.9. The minimum Gasteiger partial charge on any atom is -0.489 e. The van der Waals surface area contributed by atoms with Gasteiger partial charge in [0, 0.05) is 18.7 Å². The van der Waals surface area contributed by atoms with Crippen LogP contribution in [-0.4, -0.2) is 61.5 Å². The molecule has 3 aromatic carbocycles. The van der Waals surface area contributed by atoms with Gasteiger partial charge in [0.05, 0.1) is 19.8 Å². The second-order valence-corrected chi connectivity index (χ2v) is 9.23. The number of morpholine rings is 1. The number of nitrogens with zero attached hydrogens (tertiary/aromatic N) is 1. The van der Waals surface area contributed by atoms with Crippen LogP contribution in [0, 0.1) is 24.6 Å². The maximum absolute atomic E-state index is 13.6. The summed E-state index contributed by atoms with van der Waals surface area (Å²) >= 11 is 0. The van der Waals surface area contributed by atoms with E-state index in [9.17, 15) is 9.18 Å². The Labute approximate surface area is 228 Å². The van der Waals surface area contributed by atoms with Gasteiger partial charge in [0.1, 0.15) is 23.9 Å². The van der Waals surface area contributed by atoms with Crippen molar-refractivity contribution < 1.29 is 28.5 Å². The molecule has 0 saturated carbocycles. The van der Waals surface area contributed by atoms with Crippen molar-refractivity contribution in [2.75, 3.05) is 39.5 Å². The van der Waals surface area contributed by atoms with E-state index >= 15 is 0 Å². The number of hydrogen-bond donors (Lipinski definition) is 1. The van der Waals surface area contributed by atoms with Gasteiger partial charge in [-0.2, -0.15) is 0 Å². The van der Waals surface area contributed by atoms with Crippen LogP contribution < -0.4 is 9.47 Å².